The van der Waals surface area contributed by atoms with Crippen LogP contribution in [-0.4, -0.2) is 20.5 Å². The van der Waals surface area contributed by atoms with Gasteiger partial charge in [0.2, 0.25) is 0 Å². The monoisotopic (exact) mass is 422 g/mol. The van der Waals surface area contributed by atoms with E-state index in [2.05, 4.69) is 10.1 Å². The van der Waals surface area contributed by atoms with Crippen molar-refractivity contribution in [3.8, 4) is 11.8 Å². The first-order valence-corrected chi connectivity index (χ1v) is 8.48. The van der Waals surface area contributed by atoms with Crippen molar-refractivity contribution in [1.29, 1.82) is 5.26 Å². The summed E-state index contributed by atoms with van der Waals surface area (Å²) in [6.07, 6.45) is -2.91. The molecule has 0 radical (unpaired) electrons. The maximum atomic E-state index is 13.1. The predicted molar refractivity (Wildman–Crippen MR) is 95.2 cm³/mol. The Kier molecular flexibility index (Phi) is 5.40. The van der Waals surface area contributed by atoms with E-state index in [-0.39, 0.29) is 11.3 Å². The van der Waals surface area contributed by atoms with Crippen LogP contribution in [0.1, 0.15) is 33.2 Å². The number of nitrogens with zero attached hydrogens (tertiary/aromatic N) is 4. The van der Waals surface area contributed by atoms with Crippen molar-refractivity contribution in [1.82, 2.24) is 14.8 Å². The van der Waals surface area contributed by atoms with Gasteiger partial charge >= 0.3 is 6.18 Å². The Morgan fingerprint density at radius 1 is 1.24 bits per heavy atom. The quantitative estimate of drug-likeness (QED) is 0.444. The summed E-state index contributed by atoms with van der Waals surface area (Å²) in [6, 6.07) is 7.72. The Bertz CT molecular complexity index is 1120. The third kappa shape index (κ3) is 3.98. The third-order valence-corrected chi connectivity index (χ3v) is 4.51. The van der Waals surface area contributed by atoms with E-state index in [9.17, 15) is 27.6 Å². The minimum absolute atomic E-state index is 0.0682. The average Bonchev–Trinajstić information content (AvgIpc) is 3.04. The molecule has 0 saturated carbocycles. The van der Waals surface area contributed by atoms with E-state index in [0.29, 0.717) is 23.6 Å². The molecule has 0 fully saturated rings. The van der Waals surface area contributed by atoms with Gasteiger partial charge in [0.25, 0.3) is 0 Å². The lowest BCUT2D eigenvalue weighted by molar-refractivity contribution is -0.137. The summed E-state index contributed by atoms with van der Waals surface area (Å²) < 4.78 is 52.8. The fourth-order valence-electron chi connectivity index (χ4n) is 2.71. The molecule has 2 aromatic heterocycles. The first-order valence-electron chi connectivity index (χ1n) is 8.10. The van der Waals surface area contributed by atoms with Crippen LogP contribution in [0.15, 0.2) is 42.7 Å². The lowest BCUT2D eigenvalue weighted by Crippen LogP contribution is -2.15. The molecule has 0 unspecified atom stereocenters. The Hall–Kier alpha value is -3.25. The van der Waals surface area contributed by atoms with Crippen molar-refractivity contribution >= 4 is 17.4 Å². The fraction of sp³-hybridized carbons (Fsp3) is 0.158. The number of pyridine rings is 1. The molecular weight excluding hydrogens is 412 g/mol. The highest BCUT2D eigenvalue weighted by Gasteiger charge is 2.34. The molecule has 2 heterocycles. The van der Waals surface area contributed by atoms with Gasteiger partial charge in [-0.15, -0.1) is 0 Å². The summed E-state index contributed by atoms with van der Waals surface area (Å²) in [5, 5.41) is 13.1. The maximum absolute atomic E-state index is 13.1. The SMILES string of the molecule is Cc1c(C(=O)[C@@H](C#N)c2ncc(C(F)(F)F)cc2Cl)cnn1-c1ccc(F)cc1. The van der Waals surface area contributed by atoms with Gasteiger partial charge in [-0.25, -0.2) is 9.07 Å². The van der Waals surface area contributed by atoms with Crippen molar-refractivity contribution in [2.45, 2.75) is 19.0 Å². The van der Waals surface area contributed by atoms with Gasteiger partial charge in [-0.05, 0) is 37.3 Å². The van der Waals surface area contributed by atoms with Gasteiger partial charge in [0.1, 0.15) is 5.82 Å². The number of Topliss-reactive ketones (excluding diaryl/α,β-unsaturated/α-hetero) is 1. The molecule has 148 valence electrons. The van der Waals surface area contributed by atoms with E-state index < -0.39 is 34.3 Å². The van der Waals surface area contributed by atoms with E-state index in [1.165, 1.54) is 35.1 Å². The van der Waals surface area contributed by atoms with Crippen LogP contribution in [0.4, 0.5) is 17.6 Å². The molecule has 0 aliphatic rings. The van der Waals surface area contributed by atoms with Gasteiger partial charge in [-0.1, -0.05) is 11.6 Å². The van der Waals surface area contributed by atoms with Gasteiger partial charge in [-0.2, -0.15) is 23.5 Å². The highest BCUT2D eigenvalue weighted by atomic mass is 35.5. The third-order valence-electron chi connectivity index (χ3n) is 4.21. The standard InChI is InChI=1S/C19H11ClF4N4O/c1-10-15(9-27-28(10)13-4-2-12(21)3-5-13)18(29)14(7-25)17-16(20)6-11(8-26-17)19(22,23)24/h2-6,8-9,14H,1H3/t14-/m0/s1. The van der Waals surface area contributed by atoms with Crippen molar-refractivity contribution < 1.29 is 22.4 Å². The Balaban J connectivity index is 1.97. The zero-order valence-electron chi connectivity index (χ0n) is 14.7. The second kappa shape index (κ2) is 7.64. The maximum Gasteiger partial charge on any atom is 0.417 e. The number of nitriles is 1. The van der Waals surface area contributed by atoms with Gasteiger partial charge in [0, 0.05) is 6.20 Å². The molecule has 0 N–H and O–H groups in total. The van der Waals surface area contributed by atoms with Crippen LogP contribution in [-0.2, 0) is 6.18 Å². The number of aromatic nitrogens is 3. The summed E-state index contributed by atoms with van der Waals surface area (Å²) in [5.41, 5.74) is -0.442. The fourth-order valence-corrected chi connectivity index (χ4v) is 2.98. The second-order valence-corrected chi connectivity index (χ2v) is 6.45. The zero-order valence-corrected chi connectivity index (χ0v) is 15.5. The number of rotatable bonds is 4. The molecule has 0 aliphatic heterocycles. The van der Waals surface area contributed by atoms with Crippen LogP contribution < -0.4 is 0 Å². The molecule has 3 rings (SSSR count). The number of alkyl halides is 3. The van der Waals surface area contributed by atoms with Gasteiger partial charge in [0.15, 0.2) is 11.7 Å². The Morgan fingerprint density at radius 3 is 2.45 bits per heavy atom. The highest BCUT2D eigenvalue weighted by molar-refractivity contribution is 6.31. The molecule has 29 heavy (non-hydrogen) atoms. The molecule has 1 atom stereocenters. The Morgan fingerprint density at radius 2 is 1.90 bits per heavy atom. The topological polar surface area (TPSA) is 71.6 Å². The lowest BCUT2D eigenvalue weighted by Gasteiger charge is -2.12. The number of carbonyl (C=O) groups is 1. The normalized spacial score (nSPS) is 12.4. The smallest absolute Gasteiger partial charge is 0.292 e. The van der Waals surface area contributed by atoms with E-state index in [1.807, 2.05) is 0 Å². The van der Waals surface area contributed by atoms with E-state index in [0.717, 1.165) is 0 Å². The zero-order chi connectivity index (χ0) is 21.3. The molecule has 5 nitrogen and oxygen atoms in total. The van der Waals surface area contributed by atoms with Gasteiger partial charge < -0.3 is 0 Å². The van der Waals surface area contributed by atoms with Crippen LogP contribution in [0.5, 0.6) is 0 Å². The average molecular weight is 423 g/mol. The van der Waals surface area contributed by atoms with Crippen molar-refractivity contribution in [2.24, 2.45) is 0 Å². The summed E-state index contributed by atoms with van der Waals surface area (Å²) in [6.45, 7) is 1.57. The van der Waals surface area contributed by atoms with Crippen LogP contribution in [0.25, 0.3) is 5.69 Å². The number of hydrogen-bond acceptors (Lipinski definition) is 4. The van der Waals surface area contributed by atoms with Crippen molar-refractivity contribution in [2.75, 3.05) is 0 Å². The van der Waals surface area contributed by atoms with Crippen molar-refractivity contribution in [3.05, 3.63) is 76.1 Å². The van der Waals surface area contributed by atoms with E-state index in [4.69, 9.17) is 11.6 Å². The summed E-state index contributed by atoms with van der Waals surface area (Å²) in [4.78, 5) is 16.5. The predicted octanol–water partition coefficient (Wildman–Crippen LogP) is 4.88. The lowest BCUT2D eigenvalue weighted by atomic mass is 9.95. The molecule has 0 saturated heterocycles. The van der Waals surface area contributed by atoms with E-state index >= 15 is 0 Å². The summed E-state index contributed by atoms with van der Waals surface area (Å²) in [7, 11) is 0. The molecule has 0 amide bonds. The van der Waals surface area contributed by atoms with Gasteiger partial charge in [-0.3, -0.25) is 9.78 Å². The minimum atomic E-state index is -4.66. The summed E-state index contributed by atoms with van der Waals surface area (Å²) in [5.74, 6) is -2.68. The second-order valence-electron chi connectivity index (χ2n) is 6.05. The molecule has 0 bridgehead atoms. The largest absolute Gasteiger partial charge is 0.417 e. The number of carbonyl (C=O) groups excluding carboxylic acids is 1. The Labute approximate surface area is 167 Å². The van der Waals surface area contributed by atoms with Crippen LogP contribution >= 0.6 is 11.6 Å². The molecule has 0 spiro atoms. The van der Waals surface area contributed by atoms with Crippen LogP contribution in [0.3, 0.4) is 0 Å². The first kappa shape index (κ1) is 20.5. The minimum Gasteiger partial charge on any atom is -0.292 e. The molecule has 1 aromatic carbocycles. The number of benzene rings is 1. The van der Waals surface area contributed by atoms with Gasteiger partial charge in [0.05, 0.1) is 45.5 Å². The summed E-state index contributed by atoms with van der Waals surface area (Å²) >= 11 is 5.87. The highest BCUT2D eigenvalue weighted by Crippen LogP contribution is 2.34. The first-order chi connectivity index (χ1) is 13.6. The van der Waals surface area contributed by atoms with Crippen LogP contribution in [0, 0.1) is 24.1 Å². The number of ketones is 1. The number of hydrogen-bond donors (Lipinski definition) is 0. The van der Waals surface area contributed by atoms with Crippen molar-refractivity contribution in [3.63, 3.8) is 0 Å². The molecule has 0 aliphatic carbocycles. The number of halogens is 5. The van der Waals surface area contributed by atoms with E-state index in [1.54, 1.807) is 13.0 Å². The molecule has 10 heteroatoms. The molecule has 3 aromatic rings. The van der Waals surface area contributed by atoms with Crippen LogP contribution in [0.2, 0.25) is 5.02 Å². The molecular formula is C19H11ClF4N4O.